The van der Waals surface area contributed by atoms with E-state index < -0.39 is 11.6 Å². The number of benzene rings is 1. The molecule has 1 amide bonds. The number of hydrogen-bond donors (Lipinski definition) is 2. The molecule has 0 saturated carbocycles. The lowest BCUT2D eigenvalue weighted by Gasteiger charge is -2.39. The number of aromatic nitrogens is 5. The van der Waals surface area contributed by atoms with E-state index in [9.17, 15) is 14.7 Å². The molecule has 2 aliphatic heterocycles. The Balaban J connectivity index is 1.57. The van der Waals surface area contributed by atoms with Crippen LogP contribution in [-0.2, 0) is 15.3 Å². The Kier molecular flexibility index (Phi) is 3.15. The van der Waals surface area contributed by atoms with Gasteiger partial charge in [-0.25, -0.2) is 14.5 Å². The molecule has 0 spiro atoms. The number of carbonyl (C=O) groups is 2. The summed E-state index contributed by atoms with van der Waals surface area (Å²) in [5, 5.41) is 21.8. The standard InChI is InChI=1S/C20H14N6O4/c27-16-7-8-20(19(28)29)25(16)14-5-2-1-4-11(14)18-21-17(24-26(18)20)13-10-12(22-23-13)15-6-3-9-30-15/h1-6,9-10H,7-8H2,(H,22,23)(H,28,29). The van der Waals surface area contributed by atoms with Gasteiger partial charge in [0.15, 0.2) is 11.6 Å². The van der Waals surface area contributed by atoms with Gasteiger partial charge in [-0.1, -0.05) is 12.1 Å². The van der Waals surface area contributed by atoms with Gasteiger partial charge >= 0.3 is 5.97 Å². The lowest BCUT2D eigenvalue weighted by atomic mass is 10.0. The summed E-state index contributed by atoms with van der Waals surface area (Å²) in [6.07, 6.45) is 1.77. The van der Waals surface area contributed by atoms with Crippen LogP contribution in [0.25, 0.3) is 34.4 Å². The Morgan fingerprint density at radius 3 is 2.90 bits per heavy atom. The molecule has 10 heteroatoms. The molecule has 10 nitrogen and oxygen atoms in total. The Morgan fingerprint density at radius 1 is 1.23 bits per heavy atom. The summed E-state index contributed by atoms with van der Waals surface area (Å²) in [5.74, 6) is -0.156. The number of para-hydroxylation sites is 1. The topological polar surface area (TPSA) is 130 Å². The number of amides is 1. The molecular formula is C20H14N6O4. The van der Waals surface area contributed by atoms with E-state index in [-0.39, 0.29) is 24.6 Å². The average Bonchev–Trinajstić information content (AvgIpc) is 3.51. The first-order chi connectivity index (χ1) is 14.6. The molecule has 148 valence electrons. The maximum Gasteiger partial charge on any atom is 0.353 e. The molecule has 6 rings (SSSR count). The zero-order valence-electron chi connectivity index (χ0n) is 15.4. The molecule has 0 radical (unpaired) electrons. The number of carboxylic acid groups (broad SMARTS) is 1. The van der Waals surface area contributed by atoms with Gasteiger partial charge in [-0.2, -0.15) is 5.10 Å². The van der Waals surface area contributed by atoms with Crippen LogP contribution in [0.15, 0.2) is 53.1 Å². The van der Waals surface area contributed by atoms with E-state index >= 15 is 0 Å². The van der Waals surface area contributed by atoms with Gasteiger partial charge in [-0.05, 0) is 30.3 Å². The maximum atomic E-state index is 12.7. The number of nitrogens with zero attached hydrogens (tertiary/aromatic N) is 5. The number of aliphatic carboxylic acids is 1. The van der Waals surface area contributed by atoms with Crippen molar-refractivity contribution in [2.75, 3.05) is 4.90 Å². The van der Waals surface area contributed by atoms with Crippen molar-refractivity contribution >= 4 is 17.6 Å². The monoisotopic (exact) mass is 402 g/mol. The van der Waals surface area contributed by atoms with Crippen molar-refractivity contribution in [3.05, 3.63) is 48.7 Å². The van der Waals surface area contributed by atoms with Gasteiger partial charge in [0.05, 0.1) is 12.0 Å². The molecule has 5 heterocycles. The Hall–Kier alpha value is -4.21. The minimum atomic E-state index is -1.65. The number of fused-ring (bicyclic) bond motifs is 6. The number of aromatic amines is 1. The maximum absolute atomic E-state index is 12.7. The third-order valence-corrected chi connectivity index (χ3v) is 5.59. The van der Waals surface area contributed by atoms with Gasteiger partial charge in [0.2, 0.25) is 17.4 Å². The highest BCUT2D eigenvalue weighted by atomic mass is 16.4. The summed E-state index contributed by atoms with van der Waals surface area (Å²) in [6, 6.07) is 12.4. The third-order valence-electron chi connectivity index (χ3n) is 5.59. The van der Waals surface area contributed by atoms with Crippen molar-refractivity contribution < 1.29 is 19.1 Å². The van der Waals surface area contributed by atoms with Crippen LogP contribution in [0.2, 0.25) is 0 Å². The Labute approximate surface area is 168 Å². The van der Waals surface area contributed by atoms with Gasteiger partial charge in [0.1, 0.15) is 11.4 Å². The second-order valence-electron chi connectivity index (χ2n) is 7.18. The third kappa shape index (κ3) is 1.99. The molecule has 1 atom stereocenters. The molecule has 0 bridgehead atoms. The van der Waals surface area contributed by atoms with Crippen molar-refractivity contribution in [1.29, 1.82) is 0 Å². The van der Waals surface area contributed by atoms with E-state index in [2.05, 4.69) is 20.3 Å². The first kappa shape index (κ1) is 16.7. The van der Waals surface area contributed by atoms with E-state index in [1.165, 1.54) is 9.58 Å². The zero-order valence-corrected chi connectivity index (χ0v) is 15.4. The number of carbonyl (C=O) groups excluding carboxylic acids is 1. The summed E-state index contributed by atoms with van der Waals surface area (Å²) >= 11 is 0. The van der Waals surface area contributed by atoms with Crippen molar-refractivity contribution in [3.63, 3.8) is 0 Å². The molecular weight excluding hydrogens is 388 g/mol. The number of nitrogens with one attached hydrogen (secondary N) is 1. The fraction of sp³-hybridized carbons (Fsp3) is 0.150. The van der Waals surface area contributed by atoms with Crippen LogP contribution >= 0.6 is 0 Å². The van der Waals surface area contributed by atoms with Crippen molar-refractivity contribution in [3.8, 4) is 34.4 Å². The largest absolute Gasteiger partial charge is 0.478 e. The minimum Gasteiger partial charge on any atom is -0.478 e. The summed E-state index contributed by atoms with van der Waals surface area (Å²) in [5.41, 5.74) is 0.606. The summed E-state index contributed by atoms with van der Waals surface area (Å²) in [7, 11) is 0. The SMILES string of the molecule is O=C1CCC2(C(=O)O)N1c1ccccc1-c1nc(-c3cc(-c4ccco4)[nH]n3)nn12. The number of furan rings is 1. The molecule has 1 aromatic carbocycles. The van der Waals surface area contributed by atoms with Gasteiger partial charge in [0, 0.05) is 18.4 Å². The molecule has 1 saturated heterocycles. The molecule has 30 heavy (non-hydrogen) atoms. The van der Waals surface area contributed by atoms with Crippen LogP contribution in [0, 0.1) is 0 Å². The highest BCUT2D eigenvalue weighted by Gasteiger charge is 2.59. The molecule has 2 N–H and O–H groups in total. The molecule has 1 fully saturated rings. The number of hydrogen-bond acceptors (Lipinski definition) is 6. The van der Waals surface area contributed by atoms with Gasteiger partial charge in [0.25, 0.3) is 0 Å². The second kappa shape index (κ2) is 5.66. The Morgan fingerprint density at radius 2 is 2.10 bits per heavy atom. The van der Waals surface area contributed by atoms with Crippen molar-refractivity contribution in [2.24, 2.45) is 0 Å². The number of carboxylic acids is 1. The average molecular weight is 402 g/mol. The first-order valence-corrected chi connectivity index (χ1v) is 9.32. The molecule has 0 aliphatic carbocycles. The highest BCUT2D eigenvalue weighted by Crippen LogP contribution is 2.48. The Bertz CT molecular complexity index is 1320. The van der Waals surface area contributed by atoms with E-state index in [4.69, 9.17) is 4.42 Å². The number of H-pyrrole nitrogens is 1. The van der Waals surface area contributed by atoms with Crippen LogP contribution in [-0.4, -0.2) is 41.9 Å². The minimum absolute atomic E-state index is 0.101. The van der Waals surface area contributed by atoms with Crippen LogP contribution in [0.3, 0.4) is 0 Å². The predicted octanol–water partition coefficient (Wildman–Crippen LogP) is 2.47. The van der Waals surface area contributed by atoms with Crippen molar-refractivity contribution in [2.45, 2.75) is 18.5 Å². The zero-order chi connectivity index (χ0) is 20.5. The molecule has 1 unspecified atom stereocenters. The van der Waals surface area contributed by atoms with Gasteiger partial charge in [-0.15, -0.1) is 5.10 Å². The molecule has 3 aromatic heterocycles. The lowest BCUT2D eigenvalue weighted by molar-refractivity contribution is -0.148. The van der Waals surface area contributed by atoms with E-state index in [1.54, 1.807) is 42.7 Å². The van der Waals surface area contributed by atoms with Crippen LogP contribution in [0.4, 0.5) is 5.69 Å². The van der Waals surface area contributed by atoms with E-state index in [1.807, 2.05) is 6.07 Å². The van der Waals surface area contributed by atoms with Gasteiger partial charge < -0.3 is 9.52 Å². The quantitative estimate of drug-likeness (QED) is 0.538. The lowest BCUT2D eigenvalue weighted by Crippen LogP contribution is -2.56. The van der Waals surface area contributed by atoms with Gasteiger partial charge in [-0.3, -0.25) is 14.8 Å². The summed E-state index contributed by atoms with van der Waals surface area (Å²) < 4.78 is 6.72. The normalized spacial score (nSPS) is 19.5. The molecule has 4 aromatic rings. The smallest absolute Gasteiger partial charge is 0.353 e. The highest BCUT2D eigenvalue weighted by molar-refractivity contribution is 6.07. The number of rotatable bonds is 3. The predicted molar refractivity (Wildman–Crippen MR) is 103 cm³/mol. The summed E-state index contributed by atoms with van der Waals surface area (Å²) in [4.78, 5) is 31.1. The first-order valence-electron chi connectivity index (χ1n) is 9.32. The molecule has 2 aliphatic rings. The fourth-order valence-electron chi connectivity index (χ4n) is 4.24. The van der Waals surface area contributed by atoms with E-state index in [0.717, 1.165) is 0 Å². The number of anilines is 1. The van der Waals surface area contributed by atoms with E-state index in [0.29, 0.717) is 34.2 Å². The second-order valence-corrected chi connectivity index (χ2v) is 7.18. The van der Waals surface area contributed by atoms with Crippen molar-refractivity contribution in [1.82, 2.24) is 25.0 Å². The van der Waals surface area contributed by atoms with Crippen LogP contribution < -0.4 is 4.90 Å². The van der Waals surface area contributed by atoms with Crippen LogP contribution in [0.1, 0.15) is 12.8 Å². The van der Waals surface area contributed by atoms with Crippen LogP contribution in [0.5, 0.6) is 0 Å². The summed E-state index contributed by atoms with van der Waals surface area (Å²) in [6.45, 7) is 0. The fourth-order valence-corrected chi connectivity index (χ4v) is 4.24.